The molecule has 3 aromatic rings. The van der Waals surface area contributed by atoms with Gasteiger partial charge in [-0.25, -0.2) is 4.98 Å². The monoisotopic (exact) mass is 377 g/mol. The van der Waals surface area contributed by atoms with Crippen LogP contribution < -0.4 is 0 Å². The molecular weight excluding hydrogens is 365 g/mol. The van der Waals surface area contributed by atoms with Crippen LogP contribution in [0.25, 0.3) is 16.8 Å². The normalized spacial score (nSPS) is 12.8. The van der Waals surface area contributed by atoms with Crippen molar-refractivity contribution in [2.75, 3.05) is 0 Å². The summed E-state index contributed by atoms with van der Waals surface area (Å²) in [6.45, 7) is 5.32. The van der Waals surface area contributed by atoms with Crippen molar-refractivity contribution in [3.05, 3.63) is 69.9 Å². The number of aromatic nitrogens is 2. The molecule has 0 amide bonds. The molecular formula is C17H13Cl2N3OS. The Hall–Kier alpha value is -1.79. The van der Waals surface area contributed by atoms with E-state index in [1.165, 1.54) is 0 Å². The van der Waals surface area contributed by atoms with Gasteiger partial charge in [0.15, 0.2) is 0 Å². The first-order valence-corrected chi connectivity index (χ1v) is 8.85. The fourth-order valence-electron chi connectivity index (χ4n) is 2.21. The maximum Gasteiger partial charge on any atom is 0.149 e. The second kappa shape index (κ2) is 6.99. The van der Waals surface area contributed by atoms with Gasteiger partial charge < -0.3 is 8.95 Å². The van der Waals surface area contributed by atoms with E-state index in [1.807, 2.05) is 28.9 Å². The molecule has 0 fully saturated rings. The highest BCUT2D eigenvalue weighted by molar-refractivity contribution is 7.94. The molecule has 0 saturated heterocycles. The summed E-state index contributed by atoms with van der Waals surface area (Å²) in [7, 11) is 0. The van der Waals surface area contributed by atoms with E-state index < -0.39 is 11.4 Å². The Bertz CT molecular complexity index is 952. The van der Waals surface area contributed by atoms with Crippen LogP contribution in [0.3, 0.4) is 0 Å². The highest BCUT2D eigenvalue weighted by Crippen LogP contribution is 2.32. The Morgan fingerprint density at radius 2 is 2.12 bits per heavy atom. The first-order chi connectivity index (χ1) is 11.5. The van der Waals surface area contributed by atoms with E-state index in [9.17, 15) is 4.55 Å². The van der Waals surface area contributed by atoms with Crippen molar-refractivity contribution in [2.45, 2.75) is 6.92 Å². The van der Waals surface area contributed by atoms with E-state index >= 15 is 0 Å². The second-order valence-electron chi connectivity index (χ2n) is 5.15. The van der Waals surface area contributed by atoms with Crippen molar-refractivity contribution in [1.82, 2.24) is 9.38 Å². The maximum absolute atomic E-state index is 11.8. The van der Waals surface area contributed by atoms with Gasteiger partial charge in [-0.1, -0.05) is 33.7 Å². The Morgan fingerprint density at radius 1 is 1.33 bits per heavy atom. The van der Waals surface area contributed by atoms with Crippen molar-refractivity contribution < 1.29 is 4.55 Å². The SMILES string of the molecule is C=C(C)[S+]([O-])/N=C/c1cc2nccn2cc1-c1ccc(Cl)cc1Cl. The molecule has 0 aliphatic rings. The number of halogens is 2. The van der Waals surface area contributed by atoms with Crippen LogP contribution in [-0.2, 0) is 11.4 Å². The Morgan fingerprint density at radius 3 is 2.83 bits per heavy atom. The molecule has 0 N–H and O–H groups in total. The minimum absolute atomic E-state index is 0.485. The highest BCUT2D eigenvalue weighted by Gasteiger charge is 2.12. The number of hydrogen-bond acceptors (Lipinski definition) is 3. The molecule has 2 aromatic heterocycles. The summed E-state index contributed by atoms with van der Waals surface area (Å²) in [4.78, 5) is 4.75. The van der Waals surface area contributed by atoms with Gasteiger partial charge in [0, 0.05) is 52.2 Å². The van der Waals surface area contributed by atoms with Crippen LogP contribution in [-0.4, -0.2) is 20.2 Å². The van der Waals surface area contributed by atoms with E-state index in [2.05, 4.69) is 16.0 Å². The van der Waals surface area contributed by atoms with Gasteiger partial charge in [-0.15, -0.1) is 0 Å². The van der Waals surface area contributed by atoms with Crippen molar-refractivity contribution >= 4 is 46.4 Å². The maximum atomic E-state index is 11.8. The number of nitrogens with zero attached hydrogens (tertiary/aromatic N) is 3. The molecule has 24 heavy (non-hydrogen) atoms. The van der Waals surface area contributed by atoms with Crippen LogP contribution in [0, 0.1) is 0 Å². The molecule has 3 rings (SSSR count). The van der Waals surface area contributed by atoms with Gasteiger partial charge in [-0.3, -0.25) is 0 Å². The minimum Gasteiger partial charge on any atom is -0.586 e. The highest BCUT2D eigenvalue weighted by atomic mass is 35.5. The average Bonchev–Trinajstić information content (AvgIpc) is 2.99. The van der Waals surface area contributed by atoms with Crippen molar-refractivity contribution in [3.8, 4) is 11.1 Å². The van der Waals surface area contributed by atoms with Gasteiger partial charge in [0.25, 0.3) is 0 Å². The van der Waals surface area contributed by atoms with Crippen LogP contribution in [0.5, 0.6) is 0 Å². The predicted octanol–water partition coefficient (Wildman–Crippen LogP) is 4.92. The van der Waals surface area contributed by atoms with Crippen LogP contribution in [0.1, 0.15) is 12.5 Å². The topological polar surface area (TPSA) is 52.7 Å². The summed E-state index contributed by atoms with van der Waals surface area (Å²) in [6, 6.07) is 7.16. The smallest absolute Gasteiger partial charge is 0.149 e. The molecule has 0 bridgehead atoms. The van der Waals surface area contributed by atoms with Gasteiger partial charge in [0.1, 0.15) is 21.9 Å². The molecule has 7 heteroatoms. The number of pyridine rings is 1. The first-order valence-electron chi connectivity index (χ1n) is 6.99. The first kappa shape index (κ1) is 17.0. The van der Waals surface area contributed by atoms with Crippen molar-refractivity contribution in [3.63, 3.8) is 0 Å². The fourth-order valence-corrected chi connectivity index (χ4v) is 3.11. The molecule has 1 atom stereocenters. The summed E-state index contributed by atoms with van der Waals surface area (Å²) in [5.74, 6) is 0. The van der Waals surface area contributed by atoms with Crippen molar-refractivity contribution in [1.29, 1.82) is 0 Å². The van der Waals surface area contributed by atoms with Crippen LogP contribution >= 0.6 is 23.2 Å². The number of benzene rings is 1. The molecule has 0 spiro atoms. The lowest BCUT2D eigenvalue weighted by Crippen LogP contribution is -1.99. The lowest BCUT2D eigenvalue weighted by atomic mass is 10.0. The molecule has 0 radical (unpaired) electrons. The standard InChI is InChI=1S/C17H13Cl2N3OS/c1-11(2)24(23)21-9-12-7-17-20-5-6-22(17)10-15(12)14-4-3-13(18)8-16(14)19/h3-10H,1H2,2H3/b21-9+. The third kappa shape index (κ3) is 3.49. The molecule has 1 unspecified atom stereocenters. The third-order valence-corrected chi connectivity index (χ3v) is 4.81. The molecule has 0 aliphatic heterocycles. The van der Waals surface area contributed by atoms with E-state index in [1.54, 1.807) is 31.5 Å². The molecule has 0 saturated carbocycles. The van der Waals surface area contributed by atoms with Gasteiger partial charge >= 0.3 is 0 Å². The summed E-state index contributed by atoms with van der Waals surface area (Å²) < 4.78 is 17.8. The molecule has 122 valence electrons. The zero-order valence-corrected chi connectivity index (χ0v) is 15.1. The second-order valence-corrected chi connectivity index (χ2v) is 7.39. The quantitative estimate of drug-likeness (QED) is 0.478. The fraction of sp³-hybridized carbons (Fsp3) is 0.0588. The van der Waals surface area contributed by atoms with E-state index in [0.29, 0.717) is 15.0 Å². The minimum atomic E-state index is -1.48. The molecule has 1 aromatic carbocycles. The third-order valence-electron chi connectivity index (χ3n) is 3.37. The Labute approximate surface area is 152 Å². The summed E-state index contributed by atoms with van der Waals surface area (Å²) >= 11 is 10.9. The Balaban J connectivity index is 2.17. The van der Waals surface area contributed by atoms with Crippen LogP contribution in [0.4, 0.5) is 0 Å². The number of imidazole rings is 1. The largest absolute Gasteiger partial charge is 0.586 e. The summed E-state index contributed by atoms with van der Waals surface area (Å²) in [5, 5.41) is 1.09. The van der Waals surface area contributed by atoms with E-state index in [4.69, 9.17) is 23.2 Å². The van der Waals surface area contributed by atoms with E-state index in [0.717, 1.165) is 22.3 Å². The van der Waals surface area contributed by atoms with Gasteiger partial charge in [0.05, 0.1) is 6.21 Å². The van der Waals surface area contributed by atoms with Gasteiger partial charge in [0.2, 0.25) is 0 Å². The van der Waals surface area contributed by atoms with Crippen LogP contribution in [0.2, 0.25) is 10.0 Å². The van der Waals surface area contributed by atoms with Crippen LogP contribution in [0.15, 0.2) is 58.7 Å². The number of fused-ring (bicyclic) bond motifs is 1. The van der Waals surface area contributed by atoms with Crippen molar-refractivity contribution in [2.24, 2.45) is 4.40 Å². The number of rotatable bonds is 4. The van der Waals surface area contributed by atoms with Gasteiger partial charge in [-0.05, 0) is 24.8 Å². The van der Waals surface area contributed by atoms with Gasteiger partial charge in [-0.2, -0.15) is 0 Å². The number of hydrogen-bond donors (Lipinski definition) is 0. The predicted molar refractivity (Wildman–Crippen MR) is 101 cm³/mol. The zero-order valence-electron chi connectivity index (χ0n) is 12.7. The molecule has 4 nitrogen and oxygen atoms in total. The van der Waals surface area contributed by atoms with E-state index in [-0.39, 0.29) is 0 Å². The molecule has 2 heterocycles. The average molecular weight is 378 g/mol. The Kier molecular flexibility index (Phi) is 4.96. The zero-order chi connectivity index (χ0) is 17.3. The molecule has 0 aliphatic carbocycles. The lowest BCUT2D eigenvalue weighted by molar-refractivity contribution is 0.603. The number of allylic oxidation sites excluding steroid dienone is 1. The lowest BCUT2D eigenvalue weighted by Gasteiger charge is -2.10. The summed E-state index contributed by atoms with van der Waals surface area (Å²) in [6.07, 6.45) is 7.01. The summed E-state index contributed by atoms with van der Waals surface area (Å²) in [5.41, 5.74) is 3.16.